The molecule has 20 heavy (non-hydrogen) atoms. The third-order valence-electron chi connectivity index (χ3n) is 3.19. The van der Waals surface area contributed by atoms with Crippen LogP contribution in [0.3, 0.4) is 0 Å². The van der Waals surface area contributed by atoms with E-state index in [0.29, 0.717) is 17.1 Å². The van der Waals surface area contributed by atoms with Crippen molar-refractivity contribution in [2.75, 3.05) is 6.79 Å². The molecule has 2 aromatic rings. The van der Waals surface area contributed by atoms with Crippen molar-refractivity contribution in [3.8, 4) is 11.5 Å². The number of nitrogens with one attached hydrogen (secondary N) is 1. The summed E-state index contributed by atoms with van der Waals surface area (Å²) < 4.78 is 10.5. The molecule has 102 valence electrons. The van der Waals surface area contributed by atoms with E-state index in [2.05, 4.69) is 10.3 Å². The highest BCUT2D eigenvalue weighted by molar-refractivity contribution is 5.95. The smallest absolute Gasteiger partial charge is 0.251 e. The molecule has 1 aromatic heterocycles. The van der Waals surface area contributed by atoms with Gasteiger partial charge in [0.05, 0.1) is 6.04 Å². The number of pyridine rings is 1. The Labute approximate surface area is 116 Å². The van der Waals surface area contributed by atoms with E-state index in [-0.39, 0.29) is 18.7 Å². The average molecular weight is 270 g/mol. The van der Waals surface area contributed by atoms with Crippen molar-refractivity contribution in [1.82, 2.24) is 10.3 Å². The van der Waals surface area contributed by atoms with Gasteiger partial charge in [0.1, 0.15) is 0 Å². The van der Waals surface area contributed by atoms with E-state index in [0.717, 1.165) is 5.56 Å². The van der Waals surface area contributed by atoms with Crippen LogP contribution in [0.5, 0.6) is 11.5 Å². The third-order valence-corrected chi connectivity index (χ3v) is 3.19. The molecule has 0 spiro atoms. The fraction of sp³-hybridized carbons (Fsp3) is 0.200. The van der Waals surface area contributed by atoms with Crippen molar-refractivity contribution in [2.24, 2.45) is 0 Å². The number of benzene rings is 1. The number of rotatable bonds is 3. The molecule has 2 heterocycles. The van der Waals surface area contributed by atoms with Crippen LogP contribution >= 0.6 is 0 Å². The van der Waals surface area contributed by atoms with E-state index >= 15 is 0 Å². The number of hydrogen-bond acceptors (Lipinski definition) is 4. The van der Waals surface area contributed by atoms with Gasteiger partial charge in [0.15, 0.2) is 11.5 Å². The molecule has 5 heteroatoms. The van der Waals surface area contributed by atoms with E-state index in [9.17, 15) is 4.79 Å². The first-order valence-corrected chi connectivity index (χ1v) is 6.34. The summed E-state index contributed by atoms with van der Waals surface area (Å²) in [6.45, 7) is 2.13. The van der Waals surface area contributed by atoms with Crippen LogP contribution in [-0.2, 0) is 0 Å². The normalized spacial score (nSPS) is 13.8. The third kappa shape index (κ3) is 2.42. The van der Waals surface area contributed by atoms with Gasteiger partial charge in [0.2, 0.25) is 6.79 Å². The lowest BCUT2D eigenvalue weighted by atomic mass is 10.1. The van der Waals surface area contributed by atoms with Crippen LogP contribution in [0.1, 0.15) is 28.9 Å². The minimum Gasteiger partial charge on any atom is -0.454 e. The summed E-state index contributed by atoms with van der Waals surface area (Å²) in [5, 5.41) is 2.94. The number of aromatic nitrogens is 1. The minimum atomic E-state index is -0.146. The van der Waals surface area contributed by atoms with Crippen molar-refractivity contribution in [3.63, 3.8) is 0 Å². The lowest BCUT2D eigenvalue weighted by Gasteiger charge is -2.14. The van der Waals surface area contributed by atoms with Crippen molar-refractivity contribution in [2.45, 2.75) is 13.0 Å². The maximum absolute atomic E-state index is 12.2. The Kier molecular flexibility index (Phi) is 3.25. The number of carbonyl (C=O) groups excluding carboxylic acids is 1. The van der Waals surface area contributed by atoms with Crippen LogP contribution in [0.4, 0.5) is 0 Å². The van der Waals surface area contributed by atoms with Gasteiger partial charge >= 0.3 is 0 Å². The molecule has 3 rings (SSSR count). The van der Waals surface area contributed by atoms with Gasteiger partial charge in [-0.1, -0.05) is 0 Å². The molecule has 0 fully saturated rings. The number of fused-ring (bicyclic) bond motifs is 1. The number of carbonyl (C=O) groups is 1. The van der Waals surface area contributed by atoms with Crippen molar-refractivity contribution >= 4 is 5.91 Å². The summed E-state index contributed by atoms with van der Waals surface area (Å²) in [4.78, 5) is 16.2. The molecule has 5 nitrogen and oxygen atoms in total. The molecule has 1 aliphatic rings. The predicted octanol–water partition coefficient (Wildman–Crippen LogP) is 2.30. The standard InChI is InChI=1S/C15H14N2O3/c1-10(11-4-6-16-7-5-11)17-15(18)12-2-3-13-14(8-12)20-9-19-13/h2-8,10H,9H2,1H3,(H,17,18). The zero-order chi connectivity index (χ0) is 13.9. The molecule has 0 saturated carbocycles. The molecular weight excluding hydrogens is 256 g/mol. The molecular formula is C15H14N2O3. The molecule has 1 aromatic carbocycles. The highest BCUT2D eigenvalue weighted by Gasteiger charge is 2.17. The van der Waals surface area contributed by atoms with E-state index in [4.69, 9.17) is 9.47 Å². The van der Waals surface area contributed by atoms with Crippen LogP contribution in [0.2, 0.25) is 0 Å². The molecule has 0 radical (unpaired) electrons. The van der Waals surface area contributed by atoms with Gasteiger partial charge in [-0.15, -0.1) is 0 Å². The van der Waals surface area contributed by atoms with Gasteiger partial charge in [-0.25, -0.2) is 0 Å². The zero-order valence-corrected chi connectivity index (χ0v) is 11.0. The van der Waals surface area contributed by atoms with Gasteiger partial charge < -0.3 is 14.8 Å². The number of ether oxygens (including phenoxy) is 2. The first-order chi connectivity index (χ1) is 9.74. The lowest BCUT2D eigenvalue weighted by molar-refractivity contribution is 0.0939. The summed E-state index contributed by atoms with van der Waals surface area (Å²) in [6.07, 6.45) is 3.41. The van der Waals surface area contributed by atoms with Gasteiger partial charge in [0, 0.05) is 18.0 Å². The fourth-order valence-corrected chi connectivity index (χ4v) is 2.05. The van der Waals surface area contributed by atoms with Crippen molar-refractivity contribution in [3.05, 3.63) is 53.9 Å². The Morgan fingerprint density at radius 3 is 2.75 bits per heavy atom. The first-order valence-electron chi connectivity index (χ1n) is 6.34. The first kappa shape index (κ1) is 12.5. The summed E-state index contributed by atoms with van der Waals surface area (Å²) in [5.41, 5.74) is 1.56. The van der Waals surface area contributed by atoms with E-state index in [1.807, 2.05) is 19.1 Å². The molecule has 0 aliphatic carbocycles. The summed E-state index contributed by atoms with van der Waals surface area (Å²) >= 11 is 0. The predicted molar refractivity (Wildman–Crippen MR) is 72.7 cm³/mol. The Morgan fingerprint density at radius 1 is 1.20 bits per heavy atom. The SMILES string of the molecule is CC(NC(=O)c1ccc2c(c1)OCO2)c1ccncc1. The fourth-order valence-electron chi connectivity index (χ4n) is 2.05. The van der Waals surface area contributed by atoms with Gasteiger partial charge in [-0.3, -0.25) is 9.78 Å². The van der Waals surface area contributed by atoms with Crippen LogP contribution < -0.4 is 14.8 Å². The second kappa shape index (κ2) is 5.21. The Balaban J connectivity index is 1.73. The van der Waals surface area contributed by atoms with Gasteiger partial charge in [-0.05, 0) is 42.8 Å². The maximum Gasteiger partial charge on any atom is 0.251 e. The van der Waals surface area contributed by atoms with Crippen LogP contribution in [-0.4, -0.2) is 17.7 Å². The Bertz CT molecular complexity index is 628. The van der Waals surface area contributed by atoms with Gasteiger partial charge in [-0.2, -0.15) is 0 Å². The highest BCUT2D eigenvalue weighted by Crippen LogP contribution is 2.32. The number of hydrogen-bond donors (Lipinski definition) is 1. The van der Waals surface area contributed by atoms with Gasteiger partial charge in [0.25, 0.3) is 5.91 Å². The summed E-state index contributed by atoms with van der Waals surface area (Å²) in [5.74, 6) is 1.13. The van der Waals surface area contributed by atoms with Crippen molar-refractivity contribution in [1.29, 1.82) is 0 Å². The maximum atomic E-state index is 12.2. The van der Waals surface area contributed by atoms with E-state index in [1.165, 1.54) is 0 Å². The van der Waals surface area contributed by atoms with Crippen LogP contribution in [0, 0.1) is 0 Å². The molecule has 1 unspecified atom stereocenters. The second-order valence-corrected chi connectivity index (χ2v) is 4.54. The highest BCUT2D eigenvalue weighted by atomic mass is 16.7. The topological polar surface area (TPSA) is 60.5 Å². The molecule has 1 N–H and O–H groups in total. The summed E-state index contributed by atoms with van der Waals surface area (Å²) in [6, 6.07) is 8.83. The average Bonchev–Trinajstić information content (AvgIpc) is 2.95. The summed E-state index contributed by atoms with van der Waals surface area (Å²) in [7, 11) is 0. The largest absolute Gasteiger partial charge is 0.454 e. The van der Waals surface area contributed by atoms with E-state index in [1.54, 1.807) is 30.6 Å². The second-order valence-electron chi connectivity index (χ2n) is 4.54. The van der Waals surface area contributed by atoms with Crippen LogP contribution in [0.25, 0.3) is 0 Å². The Hall–Kier alpha value is -2.56. The number of nitrogens with zero attached hydrogens (tertiary/aromatic N) is 1. The molecule has 0 saturated heterocycles. The molecule has 0 bridgehead atoms. The quantitative estimate of drug-likeness (QED) is 0.929. The molecule has 1 aliphatic heterocycles. The number of amides is 1. The Morgan fingerprint density at radius 2 is 1.95 bits per heavy atom. The van der Waals surface area contributed by atoms with E-state index < -0.39 is 0 Å². The van der Waals surface area contributed by atoms with Crippen molar-refractivity contribution < 1.29 is 14.3 Å². The monoisotopic (exact) mass is 270 g/mol. The lowest BCUT2D eigenvalue weighted by Crippen LogP contribution is -2.26. The van der Waals surface area contributed by atoms with Crippen LogP contribution in [0.15, 0.2) is 42.7 Å². The molecule has 1 atom stereocenters. The zero-order valence-electron chi connectivity index (χ0n) is 11.0. The minimum absolute atomic E-state index is 0.0871. The molecule has 1 amide bonds.